The Hall–Kier alpha value is -3.00. The number of pyridine rings is 1. The summed E-state index contributed by atoms with van der Waals surface area (Å²) in [6.45, 7) is 0. The van der Waals surface area contributed by atoms with Gasteiger partial charge in [0.1, 0.15) is 11.4 Å². The first-order valence-electron chi connectivity index (χ1n) is 8.42. The lowest BCUT2D eigenvalue weighted by molar-refractivity contribution is 0.0233. The SMILES string of the molecule is COc1cncc(C(NC(=O)c2cnc3cccnn23)C2CC(O)C2)c1. The number of imidazole rings is 1. The maximum atomic E-state index is 12.9. The fourth-order valence-electron chi connectivity index (χ4n) is 3.29. The molecule has 1 saturated carbocycles. The Morgan fingerprint density at radius 2 is 2.23 bits per heavy atom. The predicted octanol–water partition coefficient (Wildman–Crippen LogP) is 1.37. The zero-order chi connectivity index (χ0) is 18.1. The van der Waals surface area contributed by atoms with E-state index in [1.807, 2.05) is 6.07 Å². The zero-order valence-electron chi connectivity index (χ0n) is 14.2. The molecule has 0 aromatic carbocycles. The Labute approximate surface area is 149 Å². The number of carbonyl (C=O) groups excluding carboxylic acids is 1. The number of rotatable bonds is 5. The van der Waals surface area contributed by atoms with E-state index in [0.29, 0.717) is 29.9 Å². The van der Waals surface area contributed by atoms with Crippen LogP contribution >= 0.6 is 0 Å². The van der Waals surface area contributed by atoms with Gasteiger partial charge in [0.05, 0.1) is 31.6 Å². The number of hydrogen-bond acceptors (Lipinski definition) is 6. The third kappa shape index (κ3) is 2.99. The van der Waals surface area contributed by atoms with E-state index in [1.165, 1.54) is 10.7 Å². The predicted molar refractivity (Wildman–Crippen MR) is 92.7 cm³/mol. The van der Waals surface area contributed by atoms with E-state index in [4.69, 9.17) is 4.74 Å². The Morgan fingerprint density at radius 3 is 3.00 bits per heavy atom. The molecule has 1 fully saturated rings. The first-order chi connectivity index (χ1) is 12.7. The average Bonchev–Trinajstić information content (AvgIpc) is 3.08. The number of aromatic nitrogens is 4. The molecule has 3 aromatic rings. The van der Waals surface area contributed by atoms with Crippen molar-refractivity contribution in [1.29, 1.82) is 0 Å². The standard InChI is InChI=1S/C18H19N5O3/c1-26-14-7-12(8-19-9-14)17(11-5-13(24)6-11)22-18(25)15-10-20-16-3-2-4-21-23(15)16/h2-4,7-11,13,17,24H,5-6H2,1H3,(H,22,25). The van der Waals surface area contributed by atoms with Gasteiger partial charge in [0.25, 0.3) is 5.91 Å². The molecular formula is C18H19N5O3. The normalized spacial score (nSPS) is 20.4. The molecule has 0 radical (unpaired) electrons. The molecule has 26 heavy (non-hydrogen) atoms. The number of hydrogen-bond donors (Lipinski definition) is 2. The van der Waals surface area contributed by atoms with Gasteiger partial charge >= 0.3 is 0 Å². The molecule has 0 bridgehead atoms. The fourth-order valence-corrected chi connectivity index (χ4v) is 3.29. The van der Waals surface area contributed by atoms with Gasteiger partial charge < -0.3 is 15.2 Å². The highest BCUT2D eigenvalue weighted by Crippen LogP contribution is 2.38. The van der Waals surface area contributed by atoms with Gasteiger partial charge in [-0.15, -0.1) is 0 Å². The number of amides is 1. The molecule has 8 nitrogen and oxygen atoms in total. The maximum Gasteiger partial charge on any atom is 0.272 e. The average molecular weight is 353 g/mol. The Balaban J connectivity index is 1.63. The summed E-state index contributed by atoms with van der Waals surface area (Å²) in [6, 6.07) is 5.14. The van der Waals surface area contributed by atoms with Crippen molar-refractivity contribution in [3.05, 3.63) is 54.2 Å². The van der Waals surface area contributed by atoms with Crippen molar-refractivity contribution in [3.63, 3.8) is 0 Å². The molecule has 0 saturated heterocycles. The number of carbonyl (C=O) groups is 1. The van der Waals surface area contributed by atoms with Crippen LogP contribution in [0.1, 0.15) is 34.9 Å². The van der Waals surface area contributed by atoms with Gasteiger partial charge in [-0.2, -0.15) is 5.10 Å². The summed E-state index contributed by atoms with van der Waals surface area (Å²) in [5.41, 5.74) is 1.81. The molecule has 1 aliphatic rings. The van der Waals surface area contributed by atoms with E-state index >= 15 is 0 Å². The molecule has 8 heteroatoms. The second-order valence-corrected chi connectivity index (χ2v) is 6.43. The van der Waals surface area contributed by atoms with Crippen molar-refractivity contribution in [3.8, 4) is 5.75 Å². The smallest absolute Gasteiger partial charge is 0.272 e. The summed E-state index contributed by atoms with van der Waals surface area (Å²) in [6.07, 6.45) is 7.39. The third-order valence-corrected chi connectivity index (χ3v) is 4.75. The van der Waals surface area contributed by atoms with Crippen LogP contribution in [-0.4, -0.2) is 43.8 Å². The van der Waals surface area contributed by atoms with Crippen LogP contribution in [0.5, 0.6) is 5.75 Å². The van der Waals surface area contributed by atoms with Crippen molar-refractivity contribution in [2.45, 2.75) is 25.0 Å². The molecule has 134 valence electrons. The van der Waals surface area contributed by atoms with E-state index in [9.17, 15) is 9.90 Å². The van der Waals surface area contributed by atoms with Crippen LogP contribution in [0.4, 0.5) is 0 Å². The summed E-state index contributed by atoms with van der Waals surface area (Å²) in [5, 5.41) is 16.9. The molecule has 4 rings (SSSR count). The number of nitrogens with one attached hydrogen (secondary N) is 1. The van der Waals surface area contributed by atoms with Crippen molar-refractivity contribution in [2.75, 3.05) is 7.11 Å². The van der Waals surface area contributed by atoms with Gasteiger partial charge in [0.2, 0.25) is 0 Å². The van der Waals surface area contributed by atoms with Crippen LogP contribution in [0.3, 0.4) is 0 Å². The molecule has 1 amide bonds. The van der Waals surface area contributed by atoms with E-state index < -0.39 is 0 Å². The summed E-state index contributed by atoms with van der Waals surface area (Å²) < 4.78 is 6.75. The quantitative estimate of drug-likeness (QED) is 0.718. The third-order valence-electron chi connectivity index (χ3n) is 4.75. The number of methoxy groups -OCH3 is 1. The maximum absolute atomic E-state index is 12.9. The van der Waals surface area contributed by atoms with Gasteiger partial charge in [-0.3, -0.25) is 9.78 Å². The lowest BCUT2D eigenvalue weighted by atomic mass is 9.75. The van der Waals surface area contributed by atoms with Gasteiger partial charge in [-0.1, -0.05) is 0 Å². The lowest BCUT2D eigenvalue weighted by Gasteiger charge is -2.38. The topological polar surface area (TPSA) is 102 Å². The Morgan fingerprint density at radius 1 is 1.38 bits per heavy atom. The van der Waals surface area contributed by atoms with Gasteiger partial charge in [-0.25, -0.2) is 9.50 Å². The monoisotopic (exact) mass is 353 g/mol. The summed E-state index contributed by atoms with van der Waals surface area (Å²) in [5.74, 6) is 0.485. The Kier molecular flexibility index (Phi) is 4.26. The highest BCUT2D eigenvalue weighted by Gasteiger charge is 2.36. The first kappa shape index (κ1) is 16.5. The lowest BCUT2D eigenvalue weighted by Crippen LogP contribution is -2.41. The summed E-state index contributed by atoms with van der Waals surface area (Å²) in [4.78, 5) is 21.3. The van der Waals surface area contributed by atoms with E-state index in [1.54, 1.807) is 37.8 Å². The first-order valence-corrected chi connectivity index (χ1v) is 8.42. The molecule has 2 N–H and O–H groups in total. The second kappa shape index (κ2) is 6.72. The minimum atomic E-state index is -0.324. The second-order valence-electron chi connectivity index (χ2n) is 6.43. The molecule has 3 heterocycles. The van der Waals surface area contributed by atoms with Crippen molar-refractivity contribution >= 4 is 11.6 Å². The minimum Gasteiger partial charge on any atom is -0.495 e. The highest BCUT2D eigenvalue weighted by atomic mass is 16.5. The van der Waals surface area contributed by atoms with Gasteiger partial charge in [-0.05, 0) is 42.5 Å². The Bertz CT molecular complexity index is 935. The molecule has 1 atom stereocenters. The van der Waals surface area contributed by atoms with Gasteiger partial charge in [0.15, 0.2) is 5.65 Å². The van der Waals surface area contributed by atoms with Gasteiger partial charge in [0, 0.05) is 12.4 Å². The molecule has 1 unspecified atom stereocenters. The highest BCUT2D eigenvalue weighted by molar-refractivity contribution is 5.93. The van der Waals surface area contributed by atoms with Crippen molar-refractivity contribution < 1.29 is 14.6 Å². The number of aliphatic hydroxyl groups is 1. The van der Waals surface area contributed by atoms with Crippen LogP contribution in [0, 0.1) is 5.92 Å². The van der Waals surface area contributed by atoms with E-state index in [2.05, 4.69) is 20.4 Å². The van der Waals surface area contributed by atoms with Crippen molar-refractivity contribution in [1.82, 2.24) is 24.9 Å². The number of fused-ring (bicyclic) bond motifs is 1. The van der Waals surface area contributed by atoms with Crippen LogP contribution in [0.2, 0.25) is 0 Å². The molecule has 3 aromatic heterocycles. The van der Waals surface area contributed by atoms with Crippen LogP contribution in [0.25, 0.3) is 5.65 Å². The molecule has 0 aliphatic heterocycles. The summed E-state index contributed by atoms with van der Waals surface area (Å²) >= 11 is 0. The van der Waals surface area contributed by atoms with Crippen LogP contribution in [0.15, 0.2) is 43.0 Å². The minimum absolute atomic E-state index is 0.134. The van der Waals surface area contributed by atoms with Crippen molar-refractivity contribution in [2.24, 2.45) is 5.92 Å². The molecular weight excluding hydrogens is 334 g/mol. The van der Waals surface area contributed by atoms with Crippen LogP contribution in [-0.2, 0) is 0 Å². The number of ether oxygens (including phenoxy) is 1. The summed E-state index contributed by atoms with van der Waals surface area (Å²) in [7, 11) is 1.57. The largest absolute Gasteiger partial charge is 0.495 e. The van der Waals surface area contributed by atoms with E-state index in [0.717, 1.165) is 5.56 Å². The number of aliphatic hydroxyl groups excluding tert-OH is 1. The van der Waals surface area contributed by atoms with E-state index in [-0.39, 0.29) is 24.0 Å². The number of nitrogens with zero attached hydrogens (tertiary/aromatic N) is 4. The van der Waals surface area contributed by atoms with Crippen LogP contribution < -0.4 is 10.1 Å². The fraction of sp³-hybridized carbons (Fsp3) is 0.333. The molecule has 1 aliphatic carbocycles. The zero-order valence-corrected chi connectivity index (χ0v) is 14.2. The molecule has 0 spiro atoms.